The third-order valence-corrected chi connectivity index (χ3v) is 5.20. The number of carbonyl (C=O) groups is 2. The number of amides is 1. The lowest BCUT2D eigenvalue weighted by Gasteiger charge is -2.36. The van der Waals surface area contributed by atoms with E-state index in [1.165, 1.54) is 6.07 Å². The van der Waals surface area contributed by atoms with E-state index in [2.05, 4.69) is 0 Å². The van der Waals surface area contributed by atoms with Crippen LogP contribution in [0.2, 0.25) is 0 Å². The first kappa shape index (κ1) is 20.8. The number of carboxylic acid groups (broad SMARTS) is 1. The van der Waals surface area contributed by atoms with Gasteiger partial charge in [-0.15, -0.1) is 0 Å². The highest BCUT2D eigenvalue weighted by Crippen LogP contribution is 2.32. The van der Waals surface area contributed by atoms with Crippen molar-refractivity contribution < 1.29 is 27.9 Å². The lowest BCUT2D eigenvalue weighted by atomic mass is 10.1. The van der Waals surface area contributed by atoms with E-state index in [0.29, 0.717) is 43.1 Å². The van der Waals surface area contributed by atoms with Crippen LogP contribution in [0.15, 0.2) is 30.5 Å². The van der Waals surface area contributed by atoms with Crippen LogP contribution in [0.4, 0.5) is 18.9 Å². The third-order valence-electron chi connectivity index (χ3n) is 5.20. The molecule has 0 bridgehead atoms. The van der Waals surface area contributed by atoms with Crippen LogP contribution in [-0.4, -0.2) is 52.6 Å². The number of piperazine rings is 1. The predicted molar refractivity (Wildman–Crippen MR) is 101 cm³/mol. The van der Waals surface area contributed by atoms with E-state index in [9.17, 15) is 27.9 Å². The number of aromatic nitrogens is 1. The van der Waals surface area contributed by atoms with Crippen molar-refractivity contribution in [3.8, 4) is 0 Å². The molecular formula is C20H22F3N3O3. The predicted octanol–water partition coefficient (Wildman–Crippen LogP) is 2.94. The average molecular weight is 409 g/mol. The summed E-state index contributed by atoms with van der Waals surface area (Å²) in [7, 11) is 1.70. The molecule has 1 aromatic carbocycles. The Morgan fingerprint density at radius 1 is 1.14 bits per heavy atom. The number of alkyl halides is 3. The Morgan fingerprint density at radius 3 is 2.38 bits per heavy atom. The molecule has 1 N–H and O–H groups in total. The molecule has 1 aliphatic heterocycles. The molecule has 1 aromatic heterocycles. The van der Waals surface area contributed by atoms with Crippen molar-refractivity contribution in [2.75, 3.05) is 31.1 Å². The average Bonchev–Trinajstić information content (AvgIpc) is 2.94. The number of nitrogens with zero attached hydrogens (tertiary/aromatic N) is 3. The molecule has 0 atom stereocenters. The van der Waals surface area contributed by atoms with Crippen molar-refractivity contribution in [1.82, 2.24) is 9.47 Å². The van der Waals surface area contributed by atoms with Gasteiger partial charge >= 0.3 is 12.1 Å². The van der Waals surface area contributed by atoms with Gasteiger partial charge < -0.3 is 19.5 Å². The van der Waals surface area contributed by atoms with Crippen LogP contribution in [0.3, 0.4) is 0 Å². The monoisotopic (exact) mass is 409 g/mol. The first-order valence-corrected chi connectivity index (χ1v) is 9.16. The third kappa shape index (κ3) is 4.38. The van der Waals surface area contributed by atoms with Gasteiger partial charge in [0, 0.05) is 50.8 Å². The normalized spacial score (nSPS) is 14.9. The van der Waals surface area contributed by atoms with Crippen LogP contribution < -0.4 is 4.90 Å². The van der Waals surface area contributed by atoms with Crippen LogP contribution in [0.1, 0.15) is 27.2 Å². The highest BCUT2D eigenvalue weighted by atomic mass is 19.4. The van der Waals surface area contributed by atoms with Crippen LogP contribution >= 0.6 is 0 Å². The molecule has 2 aromatic rings. The van der Waals surface area contributed by atoms with Crippen LogP contribution in [0.25, 0.3) is 0 Å². The van der Waals surface area contributed by atoms with E-state index < -0.39 is 17.7 Å². The fourth-order valence-corrected chi connectivity index (χ4v) is 3.69. The minimum Gasteiger partial charge on any atom is -0.478 e. The topological polar surface area (TPSA) is 65.8 Å². The number of aryl methyl sites for hydroxylation is 2. The van der Waals surface area contributed by atoms with Crippen molar-refractivity contribution in [3.05, 3.63) is 52.8 Å². The van der Waals surface area contributed by atoms with Crippen LogP contribution in [0, 0.1) is 6.92 Å². The Hall–Kier alpha value is -2.97. The van der Waals surface area contributed by atoms with Gasteiger partial charge in [-0.1, -0.05) is 6.07 Å². The largest absolute Gasteiger partial charge is 0.478 e. The zero-order valence-corrected chi connectivity index (χ0v) is 16.2. The van der Waals surface area contributed by atoms with Gasteiger partial charge in [-0.05, 0) is 30.7 Å². The summed E-state index contributed by atoms with van der Waals surface area (Å²) in [5.41, 5.74) is 0.952. The summed E-state index contributed by atoms with van der Waals surface area (Å²) < 4.78 is 40.4. The fraction of sp³-hybridized carbons (Fsp3) is 0.400. The second-order valence-corrected chi connectivity index (χ2v) is 7.14. The molecule has 0 radical (unpaired) electrons. The number of hydrogen-bond acceptors (Lipinski definition) is 3. The van der Waals surface area contributed by atoms with Crippen LogP contribution in [0.5, 0.6) is 0 Å². The lowest BCUT2D eigenvalue weighted by Crippen LogP contribution is -2.49. The Balaban J connectivity index is 1.66. The van der Waals surface area contributed by atoms with Gasteiger partial charge in [0.15, 0.2) is 0 Å². The zero-order chi connectivity index (χ0) is 21.3. The quantitative estimate of drug-likeness (QED) is 0.843. The maximum atomic E-state index is 12.9. The molecule has 1 aliphatic rings. The summed E-state index contributed by atoms with van der Waals surface area (Å²) in [5.74, 6) is -1.27. The molecule has 3 rings (SSSR count). The maximum absolute atomic E-state index is 12.9. The second-order valence-electron chi connectivity index (χ2n) is 7.14. The number of aromatic carboxylic acids is 1. The van der Waals surface area contributed by atoms with E-state index in [-0.39, 0.29) is 17.9 Å². The number of halogens is 3. The van der Waals surface area contributed by atoms with Crippen LogP contribution in [-0.2, 0) is 24.4 Å². The Bertz CT molecular complexity index is 929. The van der Waals surface area contributed by atoms with Gasteiger partial charge in [0.05, 0.1) is 17.5 Å². The highest BCUT2D eigenvalue weighted by Gasteiger charge is 2.31. The number of carbonyl (C=O) groups excluding carboxylic acids is 1. The molecule has 9 heteroatoms. The van der Waals surface area contributed by atoms with E-state index in [1.54, 1.807) is 35.7 Å². The molecular weight excluding hydrogens is 387 g/mol. The molecule has 0 spiro atoms. The summed E-state index contributed by atoms with van der Waals surface area (Å²) in [6, 6.07) is 5.15. The minimum absolute atomic E-state index is 0.0322. The molecule has 0 saturated carbocycles. The Kier molecular flexibility index (Phi) is 5.59. The molecule has 0 unspecified atom stereocenters. The molecule has 1 fully saturated rings. The standard InChI is InChI=1S/C20H22F3N3O3/c1-13-12-24(2)16(18(13)19(28)29)11-17(27)26-8-6-25(7-9-26)15-5-3-4-14(10-15)20(21,22)23/h3-5,10,12H,6-9,11H2,1-2H3,(H,28,29). The molecule has 6 nitrogen and oxygen atoms in total. The maximum Gasteiger partial charge on any atom is 0.416 e. The molecule has 29 heavy (non-hydrogen) atoms. The fourth-order valence-electron chi connectivity index (χ4n) is 3.69. The second kappa shape index (κ2) is 7.81. The van der Waals surface area contributed by atoms with Gasteiger partial charge in [-0.3, -0.25) is 4.79 Å². The Labute approximate surface area is 166 Å². The SMILES string of the molecule is Cc1cn(C)c(CC(=O)N2CCN(c3cccc(C(F)(F)F)c3)CC2)c1C(=O)O. The first-order valence-electron chi connectivity index (χ1n) is 9.16. The van der Waals surface area contributed by atoms with Gasteiger partial charge in [-0.25, -0.2) is 4.79 Å². The van der Waals surface area contributed by atoms with E-state index in [0.717, 1.165) is 12.1 Å². The summed E-state index contributed by atoms with van der Waals surface area (Å²) in [5, 5.41) is 9.40. The Morgan fingerprint density at radius 2 is 1.79 bits per heavy atom. The highest BCUT2D eigenvalue weighted by molar-refractivity contribution is 5.93. The van der Waals surface area contributed by atoms with E-state index in [4.69, 9.17) is 0 Å². The number of carboxylic acids is 1. The molecule has 156 valence electrons. The van der Waals surface area contributed by atoms with Gasteiger partial charge in [0.2, 0.25) is 5.91 Å². The van der Waals surface area contributed by atoms with E-state index >= 15 is 0 Å². The summed E-state index contributed by atoms with van der Waals surface area (Å²) in [6.07, 6.45) is -2.75. The number of anilines is 1. The first-order chi connectivity index (χ1) is 13.6. The van der Waals surface area contributed by atoms with Crippen molar-refractivity contribution in [2.45, 2.75) is 19.5 Å². The van der Waals surface area contributed by atoms with Crippen molar-refractivity contribution >= 4 is 17.6 Å². The molecule has 1 amide bonds. The molecule has 0 aliphatic carbocycles. The van der Waals surface area contributed by atoms with Gasteiger partial charge in [0.25, 0.3) is 0 Å². The molecule has 2 heterocycles. The smallest absolute Gasteiger partial charge is 0.416 e. The van der Waals surface area contributed by atoms with Gasteiger partial charge in [-0.2, -0.15) is 13.2 Å². The summed E-state index contributed by atoms with van der Waals surface area (Å²) in [4.78, 5) is 27.6. The summed E-state index contributed by atoms with van der Waals surface area (Å²) >= 11 is 0. The summed E-state index contributed by atoms with van der Waals surface area (Å²) in [6.45, 7) is 3.23. The number of rotatable bonds is 4. The van der Waals surface area contributed by atoms with Crippen molar-refractivity contribution in [1.29, 1.82) is 0 Å². The molecule has 1 saturated heterocycles. The number of hydrogen-bond donors (Lipinski definition) is 1. The minimum atomic E-state index is -4.40. The zero-order valence-electron chi connectivity index (χ0n) is 16.2. The number of benzene rings is 1. The van der Waals surface area contributed by atoms with Gasteiger partial charge in [0.1, 0.15) is 0 Å². The van der Waals surface area contributed by atoms with Crippen molar-refractivity contribution in [3.63, 3.8) is 0 Å². The van der Waals surface area contributed by atoms with E-state index in [1.807, 2.05) is 4.90 Å². The van der Waals surface area contributed by atoms with Crippen molar-refractivity contribution in [2.24, 2.45) is 7.05 Å². The lowest BCUT2D eigenvalue weighted by molar-refractivity contribution is -0.137.